The number of likely N-dealkylation sites (tertiary alicyclic amines) is 1. The topological polar surface area (TPSA) is 75.5 Å². The molecular formula is C21H24ClN3O3. The minimum atomic E-state index is -0.492. The molecule has 0 bridgehead atoms. The molecule has 0 amide bonds. The van der Waals surface area contributed by atoms with Crippen molar-refractivity contribution in [2.24, 2.45) is 0 Å². The zero-order valence-corrected chi connectivity index (χ0v) is 16.4. The van der Waals surface area contributed by atoms with E-state index in [-0.39, 0.29) is 24.1 Å². The Hall–Kier alpha value is -2.28. The van der Waals surface area contributed by atoms with Crippen LogP contribution < -0.4 is 5.32 Å². The van der Waals surface area contributed by atoms with Gasteiger partial charge in [-0.1, -0.05) is 48.4 Å². The lowest BCUT2D eigenvalue weighted by Gasteiger charge is -2.35. The molecule has 28 heavy (non-hydrogen) atoms. The average molecular weight is 402 g/mol. The van der Waals surface area contributed by atoms with Crippen molar-refractivity contribution >= 4 is 23.1 Å². The first-order valence-corrected chi connectivity index (χ1v) is 9.91. The minimum Gasteiger partial charge on any atom is -0.308 e. The molecule has 1 heterocycles. The zero-order valence-electron chi connectivity index (χ0n) is 15.6. The molecular weight excluding hydrogens is 378 g/mol. The van der Waals surface area contributed by atoms with Crippen LogP contribution in [0.3, 0.4) is 0 Å². The van der Waals surface area contributed by atoms with Gasteiger partial charge in [-0.2, -0.15) is 0 Å². The zero-order chi connectivity index (χ0) is 19.9. The molecule has 6 nitrogen and oxygen atoms in total. The second-order valence-corrected chi connectivity index (χ2v) is 7.40. The summed E-state index contributed by atoms with van der Waals surface area (Å²) in [6, 6.07) is 13.7. The first-order chi connectivity index (χ1) is 13.6. The van der Waals surface area contributed by atoms with E-state index in [1.807, 2.05) is 24.3 Å². The highest BCUT2D eigenvalue weighted by Gasteiger charge is 2.24. The van der Waals surface area contributed by atoms with Gasteiger partial charge in [-0.25, -0.2) is 0 Å². The molecule has 3 rings (SSSR count). The Morgan fingerprint density at radius 1 is 1.14 bits per heavy atom. The molecule has 0 spiro atoms. The van der Waals surface area contributed by atoms with E-state index < -0.39 is 4.92 Å². The Kier molecular flexibility index (Phi) is 7.14. The summed E-state index contributed by atoms with van der Waals surface area (Å²) in [6.45, 7) is 2.73. The predicted molar refractivity (Wildman–Crippen MR) is 110 cm³/mol. The maximum absolute atomic E-state index is 12.5. The number of halogens is 1. The first-order valence-electron chi connectivity index (χ1n) is 9.53. The molecule has 0 radical (unpaired) electrons. The van der Waals surface area contributed by atoms with Gasteiger partial charge in [0.05, 0.1) is 11.5 Å². The third-order valence-corrected chi connectivity index (χ3v) is 5.44. The van der Waals surface area contributed by atoms with Crippen LogP contribution in [0.15, 0.2) is 48.5 Å². The summed E-state index contributed by atoms with van der Waals surface area (Å²) in [7, 11) is 0. The number of rotatable bonds is 8. The van der Waals surface area contributed by atoms with E-state index in [0.717, 1.165) is 36.5 Å². The summed E-state index contributed by atoms with van der Waals surface area (Å²) >= 11 is 6.44. The predicted octanol–water partition coefficient (Wildman–Crippen LogP) is 4.25. The number of non-ortho nitro benzene ring substituents is 1. The number of hydrogen-bond donors (Lipinski definition) is 1. The number of Topliss-reactive ketones (excluding diaryl/α,β-unsaturated/α-hetero) is 1. The molecule has 1 unspecified atom stereocenters. The molecule has 2 aromatic carbocycles. The van der Waals surface area contributed by atoms with Crippen LogP contribution >= 0.6 is 11.6 Å². The van der Waals surface area contributed by atoms with Crippen LogP contribution in [0, 0.1) is 10.1 Å². The number of carbonyl (C=O) groups is 1. The fourth-order valence-electron chi connectivity index (χ4n) is 3.63. The lowest BCUT2D eigenvalue weighted by atomic mass is 10.0. The van der Waals surface area contributed by atoms with Crippen LogP contribution in [0.25, 0.3) is 0 Å². The number of benzene rings is 2. The summed E-state index contributed by atoms with van der Waals surface area (Å²) in [5, 5.41) is 14.9. The molecule has 2 aromatic rings. The van der Waals surface area contributed by atoms with Crippen molar-refractivity contribution in [3.05, 3.63) is 74.8 Å². The van der Waals surface area contributed by atoms with Gasteiger partial charge in [0.25, 0.3) is 5.69 Å². The number of nitro groups is 1. The Balaban J connectivity index is 1.66. The molecule has 0 saturated carbocycles. The number of carbonyl (C=O) groups excluding carboxylic acids is 1. The Labute approximate surface area is 169 Å². The maximum Gasteiger partial charge on any atom is 0.270 e. The number of nitrogens with zero attached hydrogens (tertiary/aromatic N) is 2. The normalized spacial score (nSPS) is 15.9. The third kappa shape index (κ3) is 5.16. The maximum atomic E-state index is 12.5. The minimum absolute atomic E-state index is 0.0758. The second kappa shape index (κ2) is 9.78. The van der Waals surface area contributed by atoms with E-state index in [0.29, 0.717) is 12.1 Å². The molecule has 0 aliphatic carbocycles. The summed E-state index contributed by atoms with van der Waals surface area (Å²) in [6.07, 6.45) is 3.56. The average Bonchev–Trinajstić information content (AvgIpc) is 2.72. The van der Waals surface area contributed by atoms with Gasteiger partial charge in [0.15, 0.2) is 5.78 Å². The van der Waals surface area contributed by atoms with Crippen molar-refractivity contribution in [3.8, 4) is 0 Å². The summed E-state index contributed by atoms with van der Waals surface area (Å²) < 4.78 is 0. The van der Waals surface area contributed by atoms with Crippen LogP contribution in [-0.2, 0) is 0 Å². The molecule has 1 aliphatic rings. The molecule has 1 saturated heterocycles. The van der Waals surface area contributed by atoms with Crippen LogP contribution in [0.1, 0.15) is 41.2 Å². The molecule has 1 fully saturated rings. The van der Waals surface area contributed by atoms with E-state index in [1.54, 1.807) is 6.07 Å². The van der Waals surface area contributed by atoms with Crippen molar-refractivity contribution in [3.63, 3.8) is 0 Å². The van der Waals surface area contributed by atoms with Crippen molar-refractivity contribution in [1.29, 1.82) is 0 Å². The number of nitrogens with one attached hydrogen (secondary N) is 1. The van der Waals surface area contributed by atoms with E-state index >= 15 is 0 Å². The monoisotopic (exact) mass is 401 g/mol. The highest BCUT2D eigenvalue weighted by Crippen LogP contribution is 2.29. The van der Waals surface area contributed by atoms with Crippen molar-refractivity contribution in [2.75, 3.05) is 26.2 Å². The summed E-state index contributed by atoms with van der Waals surface area (Å²) in [4.78, 5) is 25.3. The standard InChI is InChI=1S/C21H24ClN3O3/c22-19-10-3-2-9-18(19)20(24-11-4-1-5-12-24)14-23-15-21(26)16-7-6-8-17(13-16)25(27)28/h2-3,6-10,13,20,23H,1,4-5,11-12,14-15H2. The summed E-state index contributed by atoms with van der Waals surface area (Å²) in [5.74, 6) is -0.166. The highest BCUT2D eigenvalue weighted by atomic mass is 35.5. The molecule has 1 aliphatic heterocycles. The Bertz CT molecular complexity index is 837. The van der Waals surface area contributed by atoms with Crippen LogP contribution in [-0.4, -0.2) is 41.8 Å². The van der Waals surface area contributed by atoms with Gasteiger partial charge < -0.3 is 5.32 Å². The van der Waals surface area contributed by atoms with Gasteiger partial charge in [0.1, 0.15) is 0 Å². The molecule has 7 heteroatoms. The van der Waals surface area contributed by atoms with Crippen LogP contribution in [0.2, 0.25) is 5.02 Å². The van der Waals surface area contributed by atoms with Crippen LogP contribution in [0.5, 0.6) is 0 Å². The van der Waals surface area contributed by atoms with Gasteiger partial charge in [-0.15, -0.1) is 0 Å². The van der Waals surface area contributed by atoms with Crippen LogP contribution in [0.4, 0.5) is 5.69 Å². The number of piperidine rings is 1. The van der Waals surface area contributed by atoms with Crippen molar-refractivity contribution in [1.82, 2.24) is 10.2 Å². The lowest BCUT2D eigenvalue weighted by molar-refractivity contribution is -0.384. The largest absolute Gasteiger partial charge is 0.308 e. The fourth-order valence-corrected chi connectivity index (χ4v) is 3.89. The van der Waals surface area contributed by atoms with Gasteiger partial charge in [0, 0.05) is 35.3 Å². The van der Waals surface area contributed by atoms with E-state index in [9.17, 15) is 14.9 Å². The first kappa shape index (κ1) is 20.5. The van der Waals surface area contributed by atoms with E-state index in [1.165, 1.54) is 24.6 Å². The number of nitro benzene ring substituents is 1. The fraction of sp³-hybridized carbons (Fsp3) is 0.381. The van der Waals surface area contributed by atoms with E-state index in [4.69, 9.17) is 11.6 Å². The summed E-state index contributed by atoms with van der Waals surface area (Å²) in [5.41, 5.74) is 1.32. The van der Waals surface area contributed by atoms with Gasteiger partial charge >= 0.3 is 0 Å². The van der Waals surface area contributed by atoms with Crippen molar-refractivity contribution in [2.45, 2.75) is 25.3 Å². The van der Waals surface area contributed by atoms with Gasteiger partial charge in [-0.05, 0) is 37.6 Å². The second-order valence-electron chi connectivity index (χ2n) is 7.00. The lowest BCUT2D eigenvalue weighted by Crippen LogP contribution is -2.40. The Morgan fingerprint density at radius 3 is 2.61 bits per heavy atom. The number of hydrogen-bond acceptors (Lipinski definition) is 5. The quantitative estimate of drug-likeness (QED) is 0.406. The number of ketones is 1. The van der Waals surface area contributed by atoms with E-state index in [2.05, 4.69) is 10.2 Å². The SMILES string of the molecule is O=C(CNCC(c1ccccc1Cl)N1CCCCC1)c1cccc([N+](=O)[O-])c1. The van der Waals surface area contributed by atoms with Gasteiger partial charge in [0.2, 0.25) is 0 Å². The molecule has 0 aromatic heterocycles. The molecule has 148 valence electrons. The Morgan fingerprint density at radius 2 is 1.89 bits per heavy atom. The van der Waals surface area contributed by atoms with Gasteiger partial charge in [-0.3, -0.25) is 19.8 Å². The van der Waals surface area contributed by atoms with Crippen molar-refractivity contribution < 1.29 is 9.72 Å². The molecule has 1 N–H and O–H groups in total. The third-order valence-electron chi connectivity index (χ3n) is 5.10. The highest BCUT2D eigenvalue weighted by molar-refractivity contribution is 6.31. The smallest absolute Gasteiger partial charge is 0.270 e. The molecule has 1 atom stereocenters.